The molecule has 0 atom stereocenters. The molecule has 0 spiro atoms. The fourth-order valence-corrected chi connectivity index (χ4v) is 2.44. The Labute approximate surface area is 120 Å². The van der Waals surface area contributed by atoms with E-state index in [1.165, 1.54) is 0 Å². The summed E-state index contributed by atoms with van der Waals surface area (Å²) >= 11 is 0. The van der Waals surface area contributed by atoms with Crippen LogP contribution < -0.4 is 0 Å². The largest absolute Gasteiger partial charge is 0.331 e. The van der Waals surface area contributed by atoms with Crippen molar-refractivity contribution in [1.82, 2.24) is 33.7 Å². The first-order chi connectivity index (χ1) is 10.3. The Morgan fingerprint density at radius 3 is 3.00 bits per heavy atom. The summed E-state index contributed by atoms with van der Waals surface area (Å²) in [6.07, 6.45) is 8.90. The first-order valence-corrected chi connectivity index (χ1v) is 6.58. The Hall–Kier alpha value is -2.96. The van der Waals surface area contributed by atoms with Crippen molar-refractivity contribution in [2.45, 2.75) is 6.54 Å². The molecule has 4 rings (SSSR count). The van der Waals surface area contributed by atoms with Crippen LogP contribution in [0.25, 0.3) is 17.2 Å². The molecule has 7 heteroatoms. The molecule has 104 valence electrons. The first-order valence-electron chi connectivity index (χ1n) is 6.58. The summed E-state index contributed by atoms with van der Waals surface area (Å²) < 4.78 is 5.87. The average Bonchev–Trinajstić information content (AvgIpc) is 3.19. The summed E-state index contributed by atoms with van der Waals surface area (Å²) in [6.45, 7) is 0.668. The zero-order valence-corrected chi connectivity index (χ0v) is 11.5. The van der Waals surface area contributed by atoms with E-state index in [-0.39, 0.29) is 0 Å². The second-order valence-electron chi connectivity index (χ2n) is 4.82. The molecule has 0 aliphatic carbocycles. The third-order valence-electron chi connectivity index (χ3n) is 3.47. The second-order valence-corrected chi connectivity index (χ2v) is 4.82. The topological polar surface area (TPSA) is 65.8 Å². The lowest BCUT2D eigenvalue weighted by molar-refractivity contribution is 0.734. The highest BCUT2D eigenvalue weighted by atomic mass is 15.3. The van der Waals surface area contributed by atoms with E-state index in [1.54, 1.807) is 18.9 Å². The van der Waals surface area contributed by atoms with Crippen molar-refractivity contribution < 1.29 is 0 Å². The van der Waals surface area contributed by atoms with Gasteiger partial charge in [0.05, 0.1) is 24.8 Å². The van der Waals surface area contributed by atoms with Crippen molar-refractivity contribution in [3.8, 4) is 11.5 Å². The molecule has 21 heavy (non-hydrogen) atoms. The van der Waals surface area contributed by atoms with E-state index in [0.717, 1.165) is 22.9 Å². The van der Waals surface area contributed by atoms with E-state index in [4.69, 9.17) is 0 Å². The quantitative estimate of drug-likeness (QED) is 0.568. The summed E-state index contributed by atoms with van der Waals surface area (Å²) in [4.78, 5) is 12.8. The fourth-order valence-electron chi connectivity index (χ4n) is 2.44. The number of hydrogen-bond acceptors (Lipinski definition) is 4. The van der Waals surface area contributed by atoms with Gasteiger partial charge in [-0.05, 0) is 12.1 Å². The Morgan fingerprint density at radius 1 is 1.19 bits per heavy atom. The molecule has 4 heterocycles. The third-order valence-corrected chi connectivity index (χ3v) is 3.47. The highest BCUT2D eigenvalue weighted by Crippen LogP contribution is 2.17. The third kappa shape index (κ3) is 1.90. The van der Waals surface area contributed by atoms with Gasteiger partial charge in [-0.1, -0.05) is 6.07 Å². The minimum absolute atomic E-state index is 0.668. The normalized spacial score (nSPS) is 11.3. The molecule has 0 saturated carbocycles. The molecule has 0 N–H and O–H groups in total. The monoisotopic (exact) mass is 279 g/mol. The molecule has 0 fully saturated rings. The molecule has 0 amide bonds. The maximum absolute atomic E-state index is 4.44. The van der Waals surface area contributed by atoms with Crippen LogP contribution in [0.4, 0.5) is 0 Å². The van der Waals surface area contributed by atoms with Crippen LogP contribution in [0.1, 0.15) is 5.69 Å². The molecule has 0 aliphatic rings. The smallest absolute Gasteiger partial charge is 0.158 e. The molecule has 0 saturated heterocycles. The van der Waals surface area contributed by atoms with Gasteiger partial charge in [-0.3, -0.25) is 0 Å². The summed E-state index contributed by atoms with van der Waals surface area (Å²) in [5, 5.41) is 4.26. The van der Waals surface area contributed by atoms with E-state index in [9.17, 15) is 0 Å². The number of nitrogens with zero attached hydrogens (tertiary/aromatic N) is 7. The van der Waals surface area contributed by atoms with Gasteiger partial charge in [-0.15, -0.1) is 0 Å². The van der Waals surface area contributed by atoms with Gasteiger partial charge in [0.1, 0.15) is 12.0 Å². The molecule has 0 bridgehead atoms. The number of rotatable bonds is 3. The van der Waals surface area contributed by atoms with Gasteiger partial charge in [-0.25, -0.2) is 19.5 Å². The van der Waals surface area contributed by atoms with Crippen LogP contribution in [-0.2, 0) is 13.6 Å². The Bertz CT molecular complexity index is 899. The summed E-state index contributed by atoms with van der Waals surface area (Å²) in [5.74, 6) is 0.882. The number of aryl methyl sites for hydroxylation is 1. The maximum Gasteiger partial charge on any atom is 0.158 e. The fraction of sp³-hybridized carbons (Fsp3) is 0.143. The molecule has 4 aromatic rings. The first kappa shape index (κ1) is 11.8. The van der Waals surface area contributed by atoms with Crippen molar-refractivity contribution in [1.29, 1.82) is 0 Å². The molecular formula is C14H13N7. The van der Waals surface area contributed by atoms with E-state index >= 15 is 0 Å². The van der Waals surface area contributed by atoms with Gasteiger partial charge in [0.2, 0.25) is 0 Å². The predicted molar refractivity (Wildman–Crippen MR) is 76.5 cm³/mol. The van der Waals surface area contributed by atoms with Crippen molar-refractivity contribution in [2.75, 3.05) is 0 Å². The van der Waals surface area contributed by atoms with Gasteiger partial charge in [0.25, 0.3) is 0 Å². The van der Waals surface area contributed by atoms with Gasteiger partial charge < -0.3 is 9.13 Å². The van der Waals surface area contributed by atoms with Gasteiger partial charge in [0, 0.05) is 19.4 Å². The standard InChI is InChI=1S/C14H13N7/c1-19-10-15-7-12(19)14-16-5-6-20(14)8-11-3-2-4-13-17-9-18-21(11)13/h2-7,9-10H,8H2,1H3. The van der Waals surface area contributed by atoms with Crippen LogP contribution >= 0.6 is 0 Å². The number of hydrogen-bond donors (Lipinski definition) is 0. The van der Waals surface area contributed by atoms with Crippen LogP contribution in [0.3, 0.4) is 0 Å². The highest BCUT2D eigenvalue weighted by Gasteiger charge is 2.11. The number of aromatic nitrogens is 7. The van der Waals surface area contributed by atoms with Crippen molar-refractivity contribution >= 4 is 5.65 Å². The number of pyridine rings is 1. The number of imidazole rings is 2. The molecule has 0 aliphatic heterocycles. The zero-order valence-electron chi connectivity index (χ0n) is 11.5. The van der Waals surface area contributed by atoms with E-state index in [2.05, 4.69) is 24.6 Å². The number of fused-ring (bicyclic) bond motifs is 1. The van der Waals surface area contributed by atoms with Crippen molar-refractivity contribution in [2.24, 2.45) is 7.05 Å². The van der Waals surface area contributed by atoms with Crippen molar-refractivity contribution in [3.63, 3.8) is 0 Å². The minimum atomic E-state index is 0.668. The Morgan fingerprint density at radius 2 is 2.14 bits per heavy atom. The molecule has 0 radical (unpaired) electrons. The van der Waals surface area contributed by atoms with Crippen LogP contribution in [0.5, 0.6) is 0 Å². The molecule has 4 aromatic heterocycles. The van der Waals surface area contributed by atoms with E-state index < -0.39 is 0 Å². The van der Waals surface area contributed by atoms with Crippen LogP contribution in [0.2, 0.25) is 0 Å². The van der Waals surface area contributed by atoms with E-state index in [0.29, 0.717) is 6.54 Å². The maximum atomic E-state index is 4.44. The molecule has 0 aromatic carbocycles. The lowest BCUT2D eigenvalue weighted by Crippen LogP contribution is -2.07. The van der Waals surface area contributed by atoms with Gasteiger partial charge in [-0.2, -0.15) is 5.10 Å². The SMILES string of the molecule is Cn1cncc1-c1nccn1Cc1cccc2ncnn12. The van der Waals surface area contributed by atoms with E-state index in [1.807, 2.05) is 46.7 Å². The molecule has 0 unspecified atom stereocenters. The van der Waals surface area contributed by atoms with Crippen LogP contribution in [0, 0.1) is 0 Å². The zero-order chi connectivity index (χ0) is 14.2. The Balaban J connectivity index is 1.78. The van der Waals surface area contributed by atoms with Crippen LogP contribution in [-0.4, -0.2) is 33.7 Å². The Kier molecular flexibility index (Phi) is 2.56. The summed E-state index contributed by atoms with van der Waals surface area (Å²) in [5.41, 5.74) is 2.87. The minimum Gasteiger partial charge on any atom is -0.331 e. The predicted octanol–water partition coefficient (Wildman–Crippen LogP) is 1.37. The van der Waals surface area contributed by atoms with Crippen LogP contribution in [0.15, 0.2) is 49.4 Å². The van der Waals surface area contributed by atoms with Gasteiger partial charge in [0.15, 0.2) is 11.5 Å². The molecular weight excluding hydrogens is 266 g/mol. The summed E-state index contributed by atoms with van der Waals surface area (Å²) in [7, 11) is 1.96. The van der Waals surface area contributed by atoms with Gasteiger partial charge >= 0.3 is 0 Å². The summed E-state index contributed by atoms with van der Waals surface area (Å²) in [6, 6.07) is 5.96. The second kappa shape index (κ2) is 4.55. The average molecular weight is 279 g/mol. The highest BCUT2D eigenvalue weighted by molar-refractivity contribution is 5.49. The lowest BCUT2D eigenvalue weighted by Gasteiger charge is -2.09. The van der Waals surface area contributed by atoms with Crippen molar-refractivity contribution in [3.05, 3.63) is 55.1 Å². The molecule has 7 nitrogen and oxygen atoms in total. The lowest BCUT2D eigenvalue weighted by atomic mass is 10.3.